The fourth-order valence-electron chi connectivity index (χ4n) is 2.12. The summed E-state index contributed by atoms with van der Waals surface area (Å²) in [6.07, 6.45) is 5.25. The molecule has 0 aromatic carbocycles. The van der Waals surface area contributed by atoms with E-state index in [1.165, 1.54) is 0 Å². The van der Waals surface area contributed by atoms with E-state index in [0.29, 0.717) is 12.8 Å². The lowest BCUT2D eigenvalue weighted by atomic mass is 9.99. The van der Waals surface area contributed by atoms with Gasteiger partial charge in [0.2, 0.25) is 5.89 Å². The molecule has 0 amide bonds. The van der Waals surface area contributed by atoms with Crippen molar-refractivity contribution >= 4 is 15.6 Å². The van der Waals surface area contributed by atoms with Crippen LogP contribution in [0.4, 0.5) is 0 Å². The first-order valence-corrected chi connectivity index (χ1v) is 8.05. The highest BCUT2D eigenvalue weighted by Crippen LogP contribution is 2.28. The molecule has 1 aliphatic carbocycles. The Balaban J connectivity index is 2.15. The molecular weight excluding hydrogens is 256 g/mol. The van der Waals surface area contributed by atoms with Crippen molar-refractivity contribution in [3.63, 3.8) is 0 Å². The van der Waals surface area contributed by atoms with Crippen LogP contribution in [0.25, 0.3) is 0 Å². The SMILES string of the molecule is CS(=O)(=O)Cc1noc(C2CCCCCC2=O)n1. The number of sulfone groups is 1. The van der Waals surface area contributed by atoms with E-state index in [-0.39, 0.29) is 29.2 Å². The molecule has 0 aliphatic heterocycles. The Bertz CT molecular complexity index is 535. The second-order valence-electron chi connectivity index (χ2n) is 4.74. The van der Waals surface area contributed by atoms with Gasteiger partial charge in [-0.1, -0.05) is 18.0 Å². The average molecular weight is 272 g/mol. The van der Waals surface area contributed by atoms with Gasteiger partial charge >= 0.3 is 0 Å². The molecule has 2 rings (SSSR count). The molecule has 1 unspecified atom stereocenters. The Labute approximate surface area is 106 Å². The Morgan fingerprint density at radius 1 is 1.33 bits per heavy atom. The van der Waals surface area contributed by atoms with E-state index in [2.05, 4.69) is 10.1 Å². The highest BCUT2D eigenvalue weighted by molar-refractivity contribution is 7.89. The van der Waals surface area contributed by atoms with Crippen LogP contribution in [-0.4, -0.2) is 30.6 Å². The van der Waals surface area contributed by atoms with Gasteiger partial charge in [0.15, 0.2) is 15.7 Å². The maximum Gasteiger partial charge on any atom is 0.237 e. The second-order valence-corrected chi connectivity index (χ2v) is 6.88. The monoisotopic (exact) mass is 272 g/mol. The summed E-state index contributed by atoms with van der Waals surface area (Å²) in [6.45, 7) is 0. The molecule has 0 bridgehead atoms. The van der Waals surface area contributed by atoms with Gasteiger partial charge in [-0.15, -0.1) is 0 Å². The maximum absolute atomic E-state index is 11.9. The first-order chi connectivity index (χ1) is 8.46. The summed E-state index contributed by atoms with van der Waals surface area (Å²) >= 11 is 0. The van der Waals surface area contributed by atoms with Gasteiger partial charge in [0.25, 0.3) is 0 Å². The predicted octanol–water partition coefficient (Wildman–Crippen LogP) is 1.23. The molecule has 1 aromatic heterocycles. The number of rotatable bonds is 3. The minimum Gasteiger partial charge on any atom is -0.339 e. The van der Waals surface area contributed by atoms with E-state index in [0.717, 1.165) is 25.5 Å². The highest BCUT2D eigenvalue weighted by atomic mass is 32.2. The van der Waals surface area contributed by atoms with Crippen LogP contribution in [0.5, 0.6) is 0 Å². The lowest BCUT2D eigenvalue weighted by Crippen LogP contribution is -2.11. The van der Waals surface area contributed by atoms with Crippen LogP contribution in [0.3, 0.4) is 0 Å². The van der Waals surface area contributed by atoms with Gasteiger partial charge < -0.3 is 4.52 Å². The van der Waals surface area contributed by atoms with Crippen LogP contribution < -0.4 is 0 Å². The number of carbonyl (C=O) groups excluding carboxylic acids is 1. The van der Waals surface area contributed by atoms with Gasteiger partial charge in [-0.25, -0.2) is 8.42 Å². The lowest BCUT2D eigenvalue weighted by Gasteiger charge is -2.06. The average Bonchev–Trinajstić information content (AvgIpc) is 2.57. The molecule has 0 spiro atoms. The molecule has 1 atom stereocenters. The zero-order chi connectivity index (χ0) is 13.2. The molecule has 0 N–H and O–H groups in total. The third-order valence-corrected chi connectivity index (χ3v) is 3.76. The third kappa shape index (κ3) is 3.38. The van der Waals surface area contributed by atoms with Crippen LogP contribution in [0.2, 0.25) is 0 Å². The summed E-state index contributed by atoms with van der Waals surface area (Å²) in [6, 6.07) is 0. The molecular formula is C11H16N2O4S. The second kappa shape index (κ2) is 5.17. The summed E-state index contributed by atoms with van der Waals surface area (Å²) in [5, 5.41) is 3.62. The molecule has 7 heteroatoms. The van der Waals surface area contributed by atoms with Gasteiger partial charge in [-0.3, -0.25) is 4.79 Å². The van der Waals surface area contributed by atoms with Crippen LogP contribution in [0, 0.1) is 0 Å². The summed E-state index contributed by atoms with van der Waals surface area (Å²) in [4.78, 5) is 15.9. The van der Waals surface area contributed by atoms with Crippen molar-refractivity contribution in [2.75, 3.05) is 6.26 Å². The third-order valence-electron chi connectivity index (χ3n) is 2.98. The normalized spacial score (nSPS) is 21.8. The molecule has 0 saturated heterocycles. The van der Waals surface area contributed by atoms with Crippen molar-refractivity contribution < 1.29 is 17.7 Å². The van der Waals surface area contributed by atoms with Crippen LogP contribution in [0.15, 0.2) is 4.52 Å². The lowest BCUT2D eigenvalue weighted by molar-refractivity contribution is -0.120. The number of nitrogens with zero attached hydrogens (tertiary/aromatic N) is 2. The number of hydrogen-bond donors (Lipinski definition) is 0. The zero-order valence-corrected chi connectivity index (χ0v) is 11.1. The largest absolute Gasteiger partial charge is 0.339 e. The smallest absolute Gasteiger partial charge is 0.237 e. The Kier molecular flexibility index (Phi) is 3.79. The van der Waals surface area contributed by atoms with Gasteiger partial charge in [0, 0.05) is 12.7 Å². The van der Waals surface area contributed by atoms with Crippen LogP contribution >= 0.6 is 0 Å². The first kappa shape index (κ1) is 13.2. The van der Waals surface area contributed by atoms with Crippen molar-refractivity contribution in [1.29, 1.82) is 0 Å². The van der Waals surface area contributed by atoms with E-state index >= 15 is 0 Å². The van der Waals surface area contributed by atoms with Gasteiger partial charge in [0.1, 0.15) is 11.5 Å². The molecule has 1 aromatic rings. The van der Waals surface area contributed by atoms with Crippen LogP contribution in [-0.2, 0) is 20.4 Å². The summed E-state index contributed by atoms with van der Waals surface area (Å²) in [7, 11) is -3.19. The standard InChI is InChI=1S/C11H16N2O4S/c1-18(15,16)7-10-12-11(17-13-10)8-5-3-2-4-6-9(8)14/h8H,2-7H2,1H3. The van der Waals surface area contributed by atoms with Crippen molar-refractivity contribution in [2.45, 2.75) is 43.8 Å². The summed E-state index contributed by atoms with van der Waals surface area (Å²) in [5.74, 6) is -0.0994. The van der Waals surface area contributed by atoms with Crippen molar-refractivity contribution in [2.24, 2.45) is 0 Å². The van der Waals surface area contributed by atoms with Crippen LogP contribution in [0.1, 0.15) is 49.7 Å². The fourth-order valence-corrected chi connectivity index (χ4v) is 2.71. The first-order valence-electron chi connectivity index (χ1n) is 5.98. The topological polar surface area (TPSA) is 90.1 Å². The molecule has 1 fully saturated rings. The molecule has 18 heavy (non-hydrogen) atoms. The summed E-state index contributed by atoms with van der Waals surface area (Å²) < 4.78 is 27.3. The molecule has 100 valence electrons. The van der Waals surface area contributed by atoms with E-state index in [4.69, 9.17) is 4.52 Å². The maximum atomic E-state index is 11.9. The van der Waals surface area contributed by atoms with Crippen molar-refractivity contribution in [1.82, 2.24) is 10.1 Å². The molecule has 0 radical (unpaired) electrons. The van der Waals surface area contributed by atoms with E-state index in [1.807, 2.05) is 0 Å². The Morgan fingerprint density at radius 3 is 2.83 bits per heavy atom. The number of carbonyl (C=O) groups is 1. The minimum absolute atomic E-state index is 0.113. The molecule has 6 nitrogen and oxygen atoms in total. The molecule has 1 saturated carbocycles. The number of ketones is 1. The molecule has 1 heterocycles. The predicted molar refractivity (Wildman–Crippen MR) is 63.7 cm³/mol. The van der Waals surface area contributed by atoms with Gasteiger partial charge in [-0.2, -0.15) is 4.98 Å². The molecule has 1 aliphatic rings. The summed E-state index contributed by atoms with van der Waals surface area (Å²) in [5.41, 5.74) is 0. The van der Waals surface area contributed by atoms with Gasteiger partial charge in [0.05, 0.1) is 5.92 Å². The number of hydrogen-bond acceptors (Lipinski definition) is 6. The fraction of sp³-hybridized carbons (Fsp3) is 0.727. The van der Waals surface area contributed by atoms with E-state index < -0.39 is 9.84 Å². The number of aromatic nitrogens is 2. The van der Waals surface area contributed by atoms with Crippen molar-refractivity contribution in [3.05, 3.63) is 11.7 Å². The van der Waals surface area contributed by atoms with E-state index in [9.17, 15) is 13.2 Å². The highest BCUT2D eigenvalue weighted by Gasteiger charge is 2.28. The Hall–Kier alpha value is -1.24. The van der Waals surface area contributed by atoms with E-state index in [1.54, 1.807) is 0 Å². The number of Topliss-reactive ketones (excluding diaryl/α,β-unsaturated/α-hetero) is 1. The quantitative estimate of drug-likeness (QED) is 0.769. The Morgan fingerprint density at radius 2 is 2.11 bits per heavy atom. The van der Waals surface area contributed by atoms with Gasteiger partial charge in [-0.05, 0) is 12.8 Å². The minimum atomic E-state index is -3.19. The van der Waals surface area contributed by atoms with Crippen molar-refractivity contribution in [3.8, 4) is 0 Å². The zero-order valence-electron chi connectivity index (χ0n) is 10.3.